The van der Waals surface area contributed by atoms with Crippen molar-refractivity contribution in [2.45, 2.75) is 39.2 Å². The van der Waals surface area contributed by atoms with Crippen LogP contribution in [0.25, 0.3) is 0 Å². The van der Waals surface area contributed by atoms with Gasteiger partial charge in [0.15, 0.2) is 0 Å². The standard InChI is InChI=1S/C21H24ClN3O2/c1-2-3-6-12-23-20(26)19-10-9-15-14-25(13-11-18(15)24-19)21(27)16-7-4-5-8-17(16)22/h4-5,7-10H,2-3,6,11-14H2,1H3,(H,23,26). The van der Waals surface area contributed by atoms with Crippen LogP contribution in [0.1, 0.15) is 58.3 Å². The minimum absolute atomic E-state index is 0.0796. The lowest BCUT2D eigenvalue weighted by atomic mass is 10.0. The van der Waals surface area contributed by atoms with Gasteiger partial charge in [0, 0.05) is 31.7 Å². The van der Waals surface area contributed by atoms with E-state index < -0.39 is 0 Å². The van der Waals surface area contributed by atoms with Gasteiger partial charge in [-0.1, -0.05) is 49.6 Å². The van der Waals surface area contributed by atoms with E-state index in [-0.39, 0.29) is 11.8 Å². The summed E-state index contributed by atoms with van der Waals surface area (Å²) in [5, 5.41) is 3.37. The fraction of sp³-hybridized carbons (Fsp3) is 0.381. The number of halogens is 1. The van der Waals surface area contributed by atoms with E-state index >= 15 is 0 Å². The zero-order valence-corrected chi connectivity index (χ0v) is 16.3. The number of hydrogen-bond donors (Lipinski definition) is 1. The van der Waals surface area contributed by atoms with Crippen LogP contribution in [0, 0.1) is 0 Å². The van der Waals surface area contributed by atoms with Crippen LogP contribution in [0.15, 0.2) is 36.4 Å². The molecule has 0 atom stereocenters. The molecule has 3 rings (SSSR count). The van der Waals surface area contributed by atoms with E-state index in [2.05, 4.69) is 17.2 Å². The molecule has 0 spiro atoms. The molecule has 1 aromatic heterocycles. The Balaban J connectivity index is 1.66. The number of carbonyl (C=O) groups is 2. The third kappa shape index (κ3) is 4.66. The lowest BCUT2D eigenvalue weighted by Crippen LogP contribution is -2.37. The zero-order chi connectivity index (χ0) is 19.2. The number of carbonyl (C=O) groups excluding carboxylic acids is 2. The van der Waals surface area contributed by atoms with Crippen LogP contribution in [0.4, 0.5) is 0 Å². The third-order valence-electron chi connectivity index (χ3n) is 4.74. The predicted molar refractivity (Wildman–Crippen MR) is 106 cm³/mol. The average molecular weight is 386 g/mol. The van der Waals surface area contributed by atoms with Crippen molar-refractivity contribution in [3.05, 3.63) is 63.9 Å². The molecule has 0 fully saturated rings. The molecule has 142 valence electrons. The lowest BCUT2D eigenvalue weighted by Gasteiger charge is -2.28. The number of hydrogen-bond acceptors (Lipinski definition) is 3. The number of nitrogens with one attached hydrogen (secondary N) is 1. The van der Waals surface area contributed by atoms with Crippen molar-refractivity contribution in [2.75, 3.05) is 13.1 Å². The quantitative estimate of drug-likeness (QED) is 0.768. The number of pyridine rings is 1. The first kappa shape index (κ1) is 19.4. The van der Waals surface area contributed by atoms with Gasteiger partial charge in [-0.2, -0.15) is 0 Å². The maximum atomic E-state index is 12.7. The van der Waals surface area contributed by atoms with E-state index in [1.165, 1.54) is 0 Å². The number of fused-ring (bicyclic) bond motifs is 1. The third-order valence-corrected chi connectivity index (χ3v) is 5.07. The summed E-state index contributed by atoms with van der Waals surface area (Å²) in [7, 11) is 0. The highest BCUT2D eigenvalue weighted by atomic mass is 35.5. The minimum Gasteiger partial charge on any atom is -0.351 e. The summed E-state index contributed by atoms with van der Waals surface area (Å²) in [5.74, 6) is -0.215. The van der Waals surface area contributed by atoms with Crippen LogP contribution < -0.4 is 5.32 Å². The van der Waals surface area contributed by atoms with Gasteiger partial charge in [-0.3, -0.25) is 9.59 Å². The molecule has 1 aromatic carbocycles. The van der Waals surface area contributed by atoms with Gasteiger partial charge >= 0.3 is 0 Å². The van der Waals surface area contributed by atoms with E-state index in [0.717, 1.165) is 30.5 Å². The predicted octanol–water partition coefficient (Wildman–Crippen LogP) is 3.85. The Morgan fingerprint density at radius 2 is 2.00 bits per heavy atom. The van der Waals surface area contributed by atoms with Crippen LogP contribution in [0.5, 0.6) is 0 Å². The molecule has 1 aliphatic rings. The highest BCUT2D eigenvalue weighted by Crippen LogP contribution is 2.22. The fourth-order valence-electron chi connectivity index (χ4n) is 3.19. The monoisotopic (exact) mass is 385 g/mol. The van der Waals surface area contributed by atoms with Crippen LogP contribution in [-0.4, -0.2) is 34.8 Å². The molecule has 1 N–H and O–H groups in total. The number of rotatable bonds is 6. The van der Waals surface area contributed by atoms with Crippen molar-refractivity contribution < 1.29 is 9.59 Å². The molecule has 0 unspecified atom stereocenters. The summed E-state index contributed by atoms with van der Waals surface area (Å²) < 4.78 is 0. The normalized spacial score (nSPS) is 13.2. The van der Waals surface area contributed by atoms with Crippen molar-refractivity contribution in [3.63, 3.8) is 0 Å². The van der Waals surface area contributed by atoms with E-state index in [1.54, 1.807) is 23.1 Å². The van der Waals surface area contributed by atoms with Crippen LogP contribution in [0.2, 0.25) is 5.02 Å². The molecule has 6 heteroatoms. The van der Waals surface area contributed by atoms with Gasteiger partial charge < -0.3 is 10.2 Å². The maximum Gasteiger partial charge on any atom is 0.269 e. The summed E-state index contributed by atoms with van der Waals surface area (Å²) in [6.07, 6.45) is 3.83. The van der Waals surface area contributed by atoms with Crippen molar-refractivity contribution >= 4 is 23.4 Å². The largest absolute Gasteiger partial charge is 0.351 e. The van der Waals surface area contributed by atoms with Gasteiger partial charge in [0.1, 0.15) is 5.69 Å². The van der Waals surface area contributed by atoms with Crippen LogP contribution in [0.3, 0.4) is 0 Å². The van der Waals surface area contributed by atoms with Gasteiger partial charge in [-0.15, -0.1) is 0 Å². The van der Waals surface area contributed by atoms with Crippen molar-refractivity contribution in [1.29, 1.82) is 0 Å². The number of nitrogens with zero attached hydrogens (tertiary/aromatic N) is 2. The lowest BCUT2D eigenvalue weighted by molar-refractivity contribution is 0.0732. The molecule has 27 heavy (non-hydrogen) atoms. The first-order valence-corrected chi connectivity index (χ1v) is 9.78. The molecule has 0 radical (unpaired) electrons. The molecule has 5 nitrogen and oxygen atoms in total. The van der Waals surface area contributed by atoms with Crippen LogP contribution in [-0.2, 0) is 13.0 Å². The highest BCUT2D eigenvalue weighted by Gasteiger charge is 2.24. The Morgan fingerprint density at radius 1 is 1.19 bits per heavy atom. The van der Waals surface area contributed by atoms with Crippen molar-refractivity contribution in [1.82, 2.24) is 15.2 Å². The van der Waals surface area contributed by atoms with Crippen molar-refractivity contribution in [3.8, 4) is 0 Å². The molecule has 0 bridgehead atoms. The number of unbranched alkanes of at least 4 members (excludes halogenated alkanes) is 2. The van der Waals surface area contributed by atoms with E-state index in [9.17, 15) is 9.59 Å². The second-order valence-corrected chi connectivity index (χ2v) is 7.13. The maximum absolute atomic E-state index is 12.7. The summed E-state index contributed by atoms with van der Waals surface area (Å²) >= 11 is 6.15. The SMILES string of the molecule is CCCCCNC(=O)c1ccc2c(n1)CCN(C(=O)c1ccccc1Cl)C2. The molecule has 2 amide bonds. The van der Waals surface area contributed by atoms with Gasteiger partial charge in [0.25, 0.3) is 11.8 Å². The Bertz CT molecular complexity index is 838. The van der Waals surface area contributed by atoms with Gasteiger partial charge in [0.05, 0.1) is 10.6 Å². The smallest absolute Gasteiger partial charge is 0.269 e. The minimum atomic E-state index is -0.136. The Kier molecular flexibility index (Phi) is 6.45. The molecular weight excluding hydrogens is 362 g/mol. The first-order valence-electron chi connectivity index (χ1n) is 9.41. The Hall–Kier alpha value is -2.40. The first-order chi connectivity index (χ1) is 13.1. The summed E-state index contributed by atoms with van der Waals surface area (Å²) in [6, 6.07) is 10.7. The van der Waals surface area contributed by atoms with E-state index in [4.69, 9.17) is 11.6 Å². The molecule has 1 aliphatic heterocycles. The second kappa shape index (κ2) is 9.00. The van der Waals surface area contributed by atoms with Crippen molar-refractivity contribution in [2.24, 2.45) is 0 Å². The number of aromatic nitrogens is 1. The number of amides is 2. The highest BCUT2D eigenvalue weighted by molar-refractivity contribution is 6.33. The van der Waals surface area contributed by atoms with Gasteiger partial charge in [-0.05, 0) is 30.2 Å². The summed E-state index contributed by atoms with van der Waals surface area (Å²) in [4.78, 5) is 31.3. The molecular formula is C21H24ClN3O2. The van der Waals surface area contributed by atoms with Gasteiger partial charge in [0.2, 0.25) is 0 Å². The zero-order valence-electron chi connectivity index (χ0n) is 15.5. The average Bonchev–Trinajstić information content (AvgIpc) is 2.70. The van der Waals surface area contributed by atoms with Gasteiger partial charge in [-0.25, -0.2) is 4.98 Å². The van der Waals surface area contributed by atoms with Crippen LogP contribution >= 0.6 is 11.6 Å². The molecule has 0 saturated carbocycles. The Labute approximate surface area is 164 Å². The van der Waals surface area contributed by atoms with E-state index in [0.29, 0.717) is 42.3 Å². The fourth-order valence-corrected chi connectivity index (χ4v) is 3.40. The molecule has 2 aromatic rings. The number of benzene rings is 1. The topological polar surface area (TPSA) is 62.3 Å². The molecule has 0 saturated heterocycles. The molecule has 2 heterocycles. The van der Waals surface area contributed by atoms with E-state index in [1.807, 2.05) is 18.2 Å². The summed E-state index contributed by atoms with van der Waals surface area (Å²) in [6.45, 7) is 3.84. The summed E-state index contributed by atoms with van der Waals surface area (Å²) in [5.41, 5.74) is 2.82. The molecule has 0 aliphatic carbocycles. The Morgan fingerprint density at radius 3 is 2.78 bits per heavy atom. The second-order valence-electron chi connectivity index (χ2n) is 6.72.